The second-order valence-corrected chi connectivity index (χ2v) is 6.35. The summed E-state index contributed by atoms with van der Waals surface area (Å²) < 4.78 is 5.63. The van der Waals surface area contributed by atoms with Crippen LogP contribution in [0.3, 0.4) is 0 Å². The lowest BCUT2D eigenvalue weighted by molar-refractivity contribution is 0.0943. The first-order valence-electron chi connectivity index (χ1n) is 8.69. The van der Waals surface area contributed by atoms with Crippen LogP contribution in [0.15, 0.2) is 60.7 Å². The van der Waals surface area contributed by atoms with Gasteiger partial charge in [0.1, 0.15) is 5.15 Å². The van der Waals surface area contributed by atoms with Crippen LogP contribution in [-0.2, 0) is 11.2 Å². The number of amides is 1. The SMILES string of the molecule is O=C(NCCCOCCc1ccccc1)c1cc(Cl)nc2ccccc12. The van der Waals surface area contributed by atoms with Crippen molar-refractivity contribution < 1.29 is 9.53 Å². The van der Waals surface area contributed by atoms with Gasteiger partial charge in [0.2, 0.25) is 0 Å². The van der Waals surface area contributed by atoms with Crippen LogP contribution in [0.4, 0.5) is 0 Å². The number of halogens is 1. The lowest BCUT2D eigenvalue weighted by Gasteiger charge is -2.09. The Labute approximate surface area is 158 Å². The van der Waals surface area contributed by atoms with Gasteiger partial charge in [-0.25, -0.2) is 4.98 Å². The molecule has 26 heavy (non-hydrogen) atoms. The van der Waals surface area contributed by atoms with Gasteiger partial charge in [0.15, 0.2) is 0 Å². The first-order chi connectivity index (χ1) is 12.7. The first-order valence-corrected chi connectivity index (χ1v) is 9.07. The van der Waals surface area contributed by atoms with Crippen molar-refractivity contribution in [2.75, 3.05) is 19.8 Å². The minimum absolute atomic E-state index is 0.144. The van der Waals surface area contributed by atoms with Crippen molar-refractivity contribution in [1.29, 1.82) is 0 Å². The van der Waals surface area contributed by atoms with Crippen molar-refractivity contribution in [3.63, 3.8) is 0 Å². The second-order valence-electron chi connectivity index (χ2n) is 5.97. The zero-order chi connectivity index (χ0) is 18.2. The van der Waals surface area contributed by atoms with Gasteiger partial charge in [0.05, 0.1) is 17.7 Å². The Morgan fingerprint density at radius 1 is 1.04 bits per heavy atom. The summed E-state index contributed by atoms with van der Waals surface area (Å²) in [5, 5.41) is 4.04. The molecule has 0 spiro atoms. The third-order valence-electron chi connectivity index (χ3n) is 4.06. The molecule has 0 aliphatic heterocycles. The maximum Gasteiger partial charge on any atom is 0.252 e. The Hall–Kier alpha value is -2.43. The van der Waals surface area contributed by atoms with Gasteiger partial charge in [-0.15, -0.1) is 0 Å². The fourth-order valence-electron chi connectivity index (χ4n) is 2.74. The summed E-state index contributed by atoms with van der Waals surface area (Å²) in [6.07, 6.45) is 1.66. The molecule has 0 atom stereocenters. The van der Waals surface area contributed by atoms with Crippen molar-refractivity contribution in [1.82, 2.24) is 10.3 Å². The Morgan fingerprint density at radius 3 is 2.65 bits per heavy atom. The van der Waals surface area contributed by atoms with E-state index in [1.165, 1.54) is 5.56 Å². The lowest BCUT2D eigenvalue weighted by atomic mass is 10.1. The Bertz CT molecular complexity index is 868. The quantitative estimate of drug-likeness (QED) is 0.477. The molecular formula is C21H21ClN2O2. The number of ether oxygens (including phenoxy) is 1. The molecule has 134 valence electrons. The second kappa shape index (κ2) is 9.32. The summed E-state index contributed by atoms with van der Waals surface area (Å²) in [6.45, 7) is 1.85. The van der Waals surface area contributed by atoms with Crippen LogP contribution >= 0.6 is 11.6 Å². The van der Waals surface area contributed by atoms with E-state index in [0.717, 1.165) is 23.7 Å². The molecule has 3 aromatic rings. The van der Waals surface area contributed by atoms with Crippen LogP contribution in [0.2, 0.25) is 5.15 Å². The number of nitrogens with one attached hydrogen (secondary N) is 1. The molecule has 2 aromatic carbocycles. The number of aromatic nitrogens is 1. The molecule has 0 aliphatic carbocycles. The summed E-state index contributed by atoms with van der Waals surface area (Å²) in [6, 6.07) is 19.3. The van der Waals surface area contributed by atoms with Crippen LogP contribution < -0.4 is 5.32 Å². The van der Waals surface area contributed by atoms with Crippen LogP contribution in [0.25, 0.3) is 10.9 Å². The summed E-state index contributed by atoms with van der Waals surface area (Å²) >= 11 is 6.03. The van der Waals surface area contributed by atoms with Crippen molar-refractivity contribution in [3.05, 3.63) is 76.9 Å². The summed E-state index contributed by atoms with van der Waals surface area (Å²) in [5.74, 6) is -0.144. The van der Waals surface area contributed by atoms with E-state index in [4.69, 9.17) is 16.3 Å². The molecule has 0 fully saturated rings. The van der Waals surface area contributed by atoms with E-state index in [0.29, 0.717) is 30.5 Å². The predicted molar refractivity (Wildman–Crippen MR) is 105 cm³/mol. The molecule has 0 saturated carbocycles. The molecule has 0 aliphatic rings. The van der Waals surface area contributed by atoms with E-state index in [2.05, 4.69) is 22.4 Å². The van der Waals surface area contributed by atoms with Gasteiger partial charge in [-0.05, 0) is 30.5 Å². The smallest absolute Gasteiger partial charge is 0.252 e. The number of fused-ring (bicyclic) bond motifs is 1. The van der Waals surface area contributed by atoms with E-state index in [9.17, 15) is 4.79 Å². The van der Waals surface area contributed by atoms with Crippen LogP contribution in [0.1, 0.15) is 22.3 Å². The van der Waals surface area contributed by atoms with Crippen LogP contribution in [0.5, 0.6) is 0 Å². The van der Waals surface area contributed by atoms with Gasteiger partial charge in [0, 0.05) is 18.5 Å². The molecule has 4 nitrogen and oxygen atoms in total. The zero-order valence-corrected chi connectivity index (χ0v) is 15.2. The maximum atomic E-state index is 12.4. The number of benzene rings is 2. The van der Waals surface area contributed by atoms with E-state index < -0.39 is 0 Å². The molecule has 1 N–H and O–H groups in total. The van der Waals surface area contributed by atoms with Gasteiger partial charge in [-0.1, -0.05) is 60.1 Å². The van der Waals surface area contributed by atoms with Crippen molar-refractivity contribution in [2.24, 2.45) is 0 Å². The molecule has 3 rings (SSSR count). The summed E-state index contributed by atoms with van der Waals surface area (Å²) in [4.78, 5) is 16.7. The highest BCUT2D eigenvalue weighted by Crippen LogP contribution is 2.20. The van der Waals surface area contributed by atoms with Gasteiger partial charge in [-0.2, -0.15) is 0 Å². The predicted octanol–water partition coefficient (Wildman–Crippen LogP) is 4.27. The molecule has 0 unspecified atom stereocenters. The van der Waals surface area contributed by atoms with Crippen LogP contribution in [-0.4, -0.2) is 30.6 Å². The lowest BCUT2D eigenvalue weighted by Crippen LogP contribution is -2.25. The number of hydrogen-bond donors (Lipinski definition) is 1. The van der Waals surface area contributed by atoms with E-state index in [1.54, 1.807) is 6.07 Å². The number of carbonyl (C=O) groups excluding carboxylic acids is 1. The number of nitrogens with zero attached hydrogens (tertiary/aromatic N) is 1. The van der Waals surface area contributed by atoms with Crippen molar-refractivity contribution in [3.8, 4) is 0 Å². The molecule has 0 radical (unpaired) electrons. The van der Waals surface area contributed by atoms with E-state index in [-0.39, 0.29) is 5.91 Å². The fraction of sp³-hybridized carbons (Fsp3) is 0.238. The molecule has 1 amide bonds. The third-order valence-corrected chi connectivity index (χ3v) is 4.25. The molecule has 5 heteroatoms. The highest BCUT2D eigenvalue weighted by Gasteiger charge is 2.11. The zero-order valence-electron chi connectivity index (χ0n) is 14.5. The largest absolute Gasteiger partial charge is 0.381 e. The van der Waals surface area contributed by atoms with Crippen molar-refractivity contribution in [2.45, 2.75) is 12.8 Å². The Kier molecular flexibility index (Phi) is 6.58. The average molecular weight is 369 g/mol. The monoisotopic (exact) mass is 368 g/mol. The molecule has 1 heterocycles. The standard InChI is InChI=1S/C21H21ClN2O2/c22-20-15-18(17-9-4-5-10-19(17)24-20)21(25)23-12-6-13-26-14-11-16-7-2-1-3-8-16/h1-5,7-10,15H,6,11-14H2,(H,23,25). The first kappa shape index (κ1) is 18.4. The molecule has 0 bridgehead atoms. The highest BCUT2D eigenvalue weighted by atomic mass is 35.5. The van der Waals surface area contributed by atoms with Gasteiger partial charge in [0.25, 0.3) is 5.91 Å². The van der Waals surface area contributed by atoms with E-state index >= 15 is 0 Å². The Balaban J connectivity index is 1.42. The average Bonchev–Trinajstić information content (AvgIpc) is 2.67. The maximum absolute atomic E-state index is 12.4. The minimum Gasteiger partial charge on any atom is -0.381 e. The number of carbonyl (C=O) groups is 1. The number of hydrogen-bond acceptors (Lipinski definition) is 3. The third kappa shape index (κ3) is 5.04. The van der Waals surface area contributed by atoms with Crippen molar-refractivity contribution >= 4 is 28.4 Å². The Morgan fingerprint density at radius 2 is 1.81 bits per heavy atom. The van der Waals surface area contributed by atoms with Gasteiger partial charge in [-0.3, -0.25) is 4.79 Å². The number of rotatable bonds is 8. The van der Waals surface area contributed by atoms with Crippen LogP contribution in [0, 0.1) is 0 Å². The minimum atomic E-state index is -0.144. The summed E-state index contributed by atoms with van der Waals surface area (Å²) in [7, 11) is 0. The van der Waals surface area contributed by atoms with E-state index in [1.807, 2.05) is 42.5 Å². The fourth-order valence-corrected chi connectivity index (χ4v) is 2.94. The summed E-state index contributed by atoms with van der Waals surface area (Å²) in [5.41, 5.74) is 2.53. The number of pyridine rings is 1. The molecule has 1 aromatic heterocycles. The number of para-hydroxylation sites is 1. The molecule has 0 saturated heterocycles. The van der Waals surface area contributed by atoms with Gasteiger partial charge < -0.3 is 10.1 Å². The molecular weight excluding hydrogens is 348 g/mol. The normalized spacial score (nSPS) is 10.8. The highest BCUT2D eigenvalue weighted by molar-refractivity contribution is 6.30. The van der Waals surface area contributed by atoms with Gasteiger partial charge >= 0.3 is 0 Å². The topological polar surface area (TPSA) is 51.2 Å².